The van der Waals surface area contributed by atoms with Gasteiger partial charge in [0.25, 0.3) is 0 Å². The molecule has 0 amide bonds. The molecule has 0 aliphatic rings. The molecule has 0 aromatic heterocycles. The summed E-state index contributed by atoms with van der Waals surface area (Å²) in [6.45, 7) is 0. The van der Waals surface area contributed by atoms with E-state index < -0.39 is 4.87 Å². The molecule has 0 fully saturated rings. The van der Waals surface area contributed by atoms with Crippen LogP contribution in [0.25, 0.3) is 0 Å². The molecule has 0 saturated heterocycles. The number of carbonyl (C=O) groups excluding carboxylic acids is 1. The van der Waals surface area contributed by atoms with Gasteiger partial charge in [-0.25, -0.2) is 0 Å². The van der Waals surface area contributed by atoms with Gasteiger partial charge in [0.15, 0.2) is 0 Å². The normalized spacial score (nSPS) is 7.00. The Hall–Kier alpha value is -0.0505. The molecule has 0 unspecified atom stereocenters. The summed E-state index contributed by atoms with van der Waals surface area (Å²) >= 11 is 3.92. The first-order valence-electron chi connectivity index (χ1n) is 0.795. The van der Waals surface area contributed by atoms with Crippen molar-refractivity contribution in [3.05, 3.63) is 0 Å². The molecule has 4 heteroatoms. The first-order chi connectivity index (χ1) is 2.27. The van der Waals surface area contributed by atoms with Gasteiger partial charge in [0, 0.05) is 0 Å². The van der Waals surface area contributed by atoms with Crippen LogP contribution >= 0.6 is 0 Å². The van der Waals surface area contributed by atoms with Crippen molar-refractivity contribution >= 4 is 4.87 Å². The third kappa shape index (κ3) is 3.95. The summed E-state index contributed by atoms with van der Waals surface area (Å²) in [5.74, 6) is 4.21. The van der Waals surface area contributed by atoms with E-state index in [4.69, 9.17) is 0 Å². The summed E-state index contributed by atoms with van der Waals surface area (Å²) in [6.07, 6.45) is 0. The van der Waals surface area contributed by atoms with Crippen LogP contribution in [-0.4, -0.2) is 4.87 Å². The van der Waals surface area contributed by atoms with E-state index in [9.17, 15) is 4.79 Å². The second kappa shape index (κ2) is 2.20. The Balaban J connectivity index is 2.85. The van der Waals surface area contributed by atoms with E-state index in [1.807, 2.05) is 0 Å². The zero-order chi connectivity index (χ0) is 4.28. The van der Waals surface area contributed by atoms with Crippen LogP contribution in [-0.2, 0) is 20.9 Å². The molecule has 0 aliphatic heterocycles. The minimum atomic E-state index is -0.905. The molecule has 0 saturated carbocycles. The van der Waals surface area contributed by atoms with Gasteiger partial charge in [-0.1, -0.05) is 0 Å². The van der Waals surface area contributed by atoms with E-state index in [1.54, 1.807) is 0 Å². The molecule has 0 aromatic rings. The van der Waals surface area contributed by atoms with Crippen LogP contribution in [0.15, 0.2) is 0 Å². The molecule has 0 aromatic carbocycles. The van der Waals surface area contributed by atoms with Crippen LogP contribution in [0.5, 0.6) is 0 Å². The van der Waals surface area contributed by atoms with Gasteiger partial charge in [0.2, 0.25) is 0 Å². The number of rotatable bonds is 0. The summed E-state index contributed by atoms with van der Waals surface area (Å²) in [5, 5.41) is 0. The van der Waals surface area contributed by atoms with Crippen LogP contribution in [0.4, 0.5) is 4.79 Å². The first kappa shape index (κ1) is 4.95. The fourth-order valence-corrected chi connectivity index (χ4v) is 0. The number of hydrogen-bond donors (Lipinski definition) is 1. The van der Waals surface area contributed by atoms with Crippen LogP contribution in [0.1, 0.15) is 0 Å². The van der Waals surface area contributed by atoms with Gasteiger partial charge in [0.1, 0.15) is 0 Å². The number of nitrogens with two attached hydrogens (primary N) is 1. The topological polar surface area (TPSA) is 52.3 Å². The Morgan fingerprint density at radius 3 is 2.20 bits per heavy atom. The Morgan fingerprint density at radius 1 is 2.00 bits per heavy atom. The molecule has 0 radical (unpaired) electrons. The molecule has 5 heavy (non-hydrogen) atoms. The van der Waals surface area contributed by atoms with Gasteiger partial charge in [-0.2, -0.15) is 0 Å². The van der Waals surface area contributed by atoms with E-state index in [2.05, 4.69) is 26.7 Å². The molecule has 0 rings (SSSR count). The summed E-state index contributed by atoms with van der Waals surface area (Å²) in [7, 11) is 0. The fourth-order valence-electron chi connectivity index (χ4n) is 0. The van der Waals surface area contributed by atoms with E-state index in [0.29, 0.717) is 0 Å². The average molecular weight is 124 g/mol. The standard InChI is InChI=1S/CH2NO2.Cu/c2-4-1-3;/h2H2;. The van der Waals surface area contributed by atoms with Crippen LogP contribution in [0.2, 0.25) is 0 Å². The molecule has 2 N–H and O–H groups in total. The third-order valence-corrected chi connectivity index (χ3v) is 0.195. The molecular weight excluding hydrogens is 122 g/mol. The Morgan fingerprint density at radius 2 is 2.20 bits per heavy atom. The number of hydrogen-bond acceptors (Lipinski definition) is 3. The van der Waals surface area contributed by atoms with Crippen molar-refractivity contribution in [1.82, 2.24) is 0 Å². The summed E-state index contributed by atoms with van der Waals surface area (Å²) in [5.41, 5.74) is 0. The monoisotopic (exact) mass is 123 g/mol. The Kier molecular flexibility index (Phi) is 2.18. The summed E-state index contributed by atoms with van der Waals surface area (Å²) < 4.78 is 0. The quantitative estimate of drug-likeness (QED) is 0.351. The molecule has 0 aliphatic carbocycles. The summed E-state index contributed by atoms with van der Waals surface area (Å²) in [4.78, 5) is 11.8. The predicted octanol–water partition coefficient (Wildman–Crippen LogP) is -0.456. The predicted molar refractivity (Wildman–Crippen MR) is 10.7 cm³/mol. The van der Waals surface area contributed by atoms with E-state index in [1.165, 1.54) is 0 Å². The molecule has 0 heterocycles. The van der Waals surface area contributed by atoms with Crippen molar-refractivity contribution in [3.8, 4) is 0 Å². The molecule has 3 nitrogen and oxygen atoms in total. The van der Waals surface area contributed by atoms with Gasteiger partial charge in [-0.15, -0.1) is 0 Å². The SMILES string of the molecule is NO[C](=O)[Cu]. The molecule has 0 atom stereocenters. The third-order valence-electron chi connectivity index (χ3n) is 0.0836. The van der Waals surface area contributed by atoms with Crippen molar-refractivity contribution in [2.45, 2.75) is 0 Å². The van der Waals surface area contributed by atoms with Crippen LogP contribution in [0.3, 0.4) is 0 Å². The van der Waals surface area contributed by atoms with Crippen molar-refractivity contribution in [1.29, 1.82) is 0 Å². The molecule has 34 valence electrons. The van der Waals surface area contributed by atoms with Gasteiger partial charge in [-0.05, 0) is 0 Å². The number of carbonyl (C=O) groups is 1. The van der Waals surface area contributed by atoms with E-state index in [0.717, 1.165) is 0 Å². The zero-order valence-corrected chi connectivity index (χ0v) is 3.14. The Labute approximate surface area is 37.2 Å². The van der Waals surface area contributed by atoms with Crippen LogP contribution < -0.4 is 5.90 Å². The van der Waals surface area contributed by atoms with Crippen LogP contribution in [0, 0.1) is 0 Å². The maximum absolute atomic E-state index is 9.27. The van der Waals surface area contributed by atoms with Gasteiger partial charge < -0.3 is 0 Å². The van der Waals surface area contributed by atoms with Gasteiger partial charge >= 0.3 is 36.4 Å². The minimum absolute atomic E-state index is 0.905. The van der Waals surface area contributed by atoms with Gasteiger partial charge in [-0.3, -0.25) is 0 Å². The van der Waals surface area contributed by atoms with Crippen molar-refractivity contribution < 1.29 is 25.6 Å². The van der Waals surface area contributed by atoms with Gasteiger partial charge in [0.05, 0.1) is 0 Å². The van der Waals surface area contributed by atoms with E-state index in [-0.39, 0.29) is 0 Å². The molecule has 0 spiro atoms. The molecule has 0 bridgehead atoms. The van der Waals surface area contributed by atoms with Crippen molar-refractivity contribution in [2.75, 3.05) is 0 Å². The maximum atomic E-state index is 9.27. The summed E-state index contributed by atoms with van der Waals surface area (Å²) in [6, 6.07) is 0. The van der Waals surface area contributed by atoms with E-state index >= 15 is 0 Å². The second-order valence-electron chi connectivity index (χ2n) is 0.324. The second-order valence-corrected chi connectivity index (χ2v) is 0.709. The average Bonchev–Trinajstić information content (AvgIpc) is 1.38. The van der Waals surface area contributed by atoms with Crippen molar-refractivity contribution in [3.63, 3.8) is 0 Å². The molecular formula is CH2CuNO2. The van der Waals surface area contributed by atoms with Crippen molar-refractivity contribution in [2.24, 2.45) is 5.90 Å². The first-order valence-corrected chi connectivity index (χ1v) is 1.27. The fraction of sp³-hybridized carbons (Fsp3) is 0. The Bertz CT molecular complexity index is 44.9. The zero-order valence-electron chi connectivity index (χ0n) is 2.20.